The zero-order valence-corrected chi connectivity index (χ0v) is 13.2. The summed E-state index contributed by atoms with van der Waals surface area (Å²) in [6.45, 7) is 0. The zero-order valence-electron chi connectivity index (χ0n) is 10.8. The van der Waals surface area contributed by atoms with Gasteiger partial charge in [0, 0.05) is 10.2 Å². The van der Waals surface area contributed by atoms with Gasteiger partial charge in [-0.25, -0.2) is 4.39 Å². The van der Waals surface area contributed by atoms with Gasteiger partial charge in [-0.15, -0.1) is 5.10 Å². The van der Waals surface area contributed by atoms with Crippen LogP contribution in [0.4, 0.5) is 4.39 Å². The van der Waals surface area contributed by atoms with E-state index in [2.05, 4.69) is 31.5 Å². The highest BCUT2D eigenvalue weighted by Gasteiger charge is 2.10. The summed E-state index contributed by atoms with van der Waals surface area (Å²) in [4.78, 5) is 0. The molecule has 21 heavy (non-hydrogen) atoms. The molecule has 1 heterocycles. The second-order valence-electron chi connectivity index (χ2n) is 4.23. The van der Waals surface area contributed by atoms with Gasteiger partial charge in [-0.1, -0.05) is 52.0 Å². The Bertz CT molecular complexity index is 762. The lowest BCUT2D eigenvalue weighted by Gasteiger charge is -2.05. The van der Waals surface area contributed by atoms with Crippen molar-refractivity contribution >= 4 is 27.7 Å². The van der Waals surface area contributed by atoms with Crippen LogP contribution in [0.3, 0.4) is 0 Å². The Kier molecular flexibility index (Phi) is 4.31. The van der Waals surface area contributed by atoms with Crippen LogP contribution in [0.1, 0.15) is 5.56 Å². The van der Waals surface area contributed by atoms with Gasteiger partial charge in [0.1, 0.15) is 5.82 Å². The molecule has 4 nitrogen and oxygen atoms in total. The van der Waals surface area contributed by atoms with Gasteiger partial charge >= 0.3 is 0 Å². The zero-order chi connectivity index (χ0) is 14.7. The number of tetrazole rings is 1. The van der Waals surface area contributed by atoms with Crippen molar-refractivity contribution in [2.45, 2.75) is 10.9 Å². The number of halogens is 2. The van der Waals surface area contributed by atoms with Crippen molar-refractivity contribution in [1.29, 1.82) is 0 Å². The summed E-state index contributed by atoms with van der Waals surface area (Å²) >= 11 is 5.01. The minimum absolute atomic E-state index is 0.315. The van der Waals surface area contributed by atoms with Crippen LogP contribution >= 0.6 is 27.7 Å². The van der Waals surface area contributed by atoms with Gasteiger partial charge in [0.05, 0.1) is 5.69 Å². The highest BCUT2D eigenvalue weighted by Crippen LogP contribution is 2.26. The second-order valence-corrected chi connectivity index (χ2v) is 6.03. The predicted molar refractivity (Wildman–Crippen MR) is 82.8 cm³/mol. The largest absolute Gasteiger partial charge is 0.214 e. The predicted octanol–water partition coefficient (Wildman–Crippen LogP) is 3.86. The molecule has 0 aliphatic carbocycles. The van der Waals surface area contributed by atoms with Crippen molar-refractivity contribution in [3.63, 3.8) is 0 Å². The molecule has 2 aromatic carbocycles. The molecule has 0 spiro atoms. The second kappa shape index (κ2) is 6.36. The molecule has 0 unspecified atom stereocenters. The van der Waals surface area contributed by atoms with Gasteiger partial charge < -0.3 is 0 Å². The summed E-state index contributed by atoms with van der Waals surface area (Å²) in [6, 6.07) is 14.2. The number of benzene rings is 2. The van der Waals surface area contributed by atoms with Crippen LogP contribution in [0.15, 0.2) is 58.2 Å². The summed E-state index contributed by atoms with van der Waals surface area (Å²) in [7, 11) is 0. The van der Waals surface area contributed by atoms with Crippen molar-refractivity contribution in [2.24, 2.45) is 0 Å². The van der Waals surface area contributed by atoms with Gasteiger partial charge in [0.15, 0.2) is 0 Å². The Morgan fingerprint density at radius 2 is 2.00 bits per heavy atom. The van der Waals surface area contributed by atoms with E-state index in [9.17, 15) is 4.39 Å². The van der Waals surface area contributed by atoms with Crippen molar-refractivity contribution in [3.8, 4) is 5.69 Å². The fourth-order valence-corrected chi connectivity index (χ4v) is 3.30. The van der Waals surface area contributed by atoms with Crippen molar-refractivity contribution in [1.82, 2.24) is 20.2 Å². The fraction of sp³-hybridized carbons (Fsp3) is 0.0714. The monoisotopic (exact) mass is 364 g/mol. The Morgan fingerprint density at radius 1 is 1.14 bits per heavy atom. The molecule has 1 aromatic heterocycles. The number of aromatic nitrogens is 4. The van der Waals surface area contributed by atoms with Crippen LogP contribution in [-0.4, -0.2) is 20.2 Å². The van der Waals surface area contributed by atoms with E-state index in [1.165, 1.54) is 28.6 Å². The summed E-state index contributed by atoms with van der Waals surface area (Å²) in [6.07, 6.45) is 0. The maximum atomic E-state index is 13.3. The summed E-state index contributed by atoms with van der Waals surface area (Å²) in [5.41, 5.74) is 1.76. The third kappa shape index (κ3) is 3.30. The fourth-order valence-electron chi connectivity index (χ4n) is 1.80. The molecule has 106 valence electrons. The van der Waals surface area contributed by atoms with E-state index in [-0.39, 0.29) is 5.82 Å². The van der Waals surface area contributed by atoms with Gasteiger partial charge in [-0.2, -0.15) is 4.68 Å². The molecule has 0 fully saturated rings. The molecule has 0 radical (unpaired) electrons. The number of thioether (sulfide) groups is 1. The van der Waals surface area contributed by atoms with E-state index in [1.54, 1.807) is 12.1 Å². The summed E-state index contributed by atoms with van der Waals surface area (Å²) in [5.74, 6) is 0.404. The number of hydrogen-bond acceptors (Lipinski definition) is 4. The van der Waals surface area contributed by atoms with Crippen LogP contribution < -0.4 is 0 Å². The molecule has 0 saturated heterocycles. The maximum Gasteiger partial charge on any atom is 0.214 e. The molecule has 7 heteroatoms. The van der Waals surface area contributed by atoms with Crippen molar-refractivity contribution in [3.05, 3.63) is 64.4 Å². The highest BCUT2D eigenvalue weighted by atomic mass is 79.9. The van der Waals surface area contributed by atoms with Crippen molar-refractivity contribution < 1.29 is 4.39 Å². The number of nitrogens with zero attached hydrogens (tertiary/aromatic N) is 4. The third-order valence-electron chi connectivity index (χ3n) is 2.81. The van der Waals surface area contributed by atoms with E-state index in [1.807, 2.05) is 24.3 Å². The third-order valence-corrected chi connectivity index (χ3v) is 4.55. The van der Waals surface area contributed by atoms with E-state index in [4.69, 9.17) is 0 Å². The molecule has 0 N–H and O–H groups in total. The summed E-state index contributed by atoms with van der Waals surface area (Å²) in [5, 5.41) is 12.2. The number of rotatable bonds is 4. The molecule has 0 saturated carbocycles. The van der Waals surface area contributed by atoms with Gasteiger partial charge in [-0.05, 0) is 40.3 Å². The first-order valence-corrected chi connectivity index (χ1v) is 7.92. The molecule has 0 bridgehead atoms. The van der Waals surface area contributed by atoms with Crippen LogP contribution in [-0.2, 0) is 5.75 Å². The smallest absolute Gasteiger partial charge is 0.207 e. The normalized spacial score (nSPS) is 10.8. The molecule has 0 aliphatic heterocycles. The lowest BCUT2D eigenvalue weighted by Crippen LogP contribution is -1.99. The van der Waals surface area contributed by atoms with Crippen LogP contribution in [0.5, 0.6) is 0 Å². The first-order chi connectivity index (χ1) is 10.2. The first-order valence-electron chi connectivity index (χ1n) is 6.14. The molecule has 0 atom stereocenters. The Balaban J connectivity index is 1.82. The lowest BCUT2D eigenvalue weighted by atomic mass is 10.2. The molecule has 3 aromatic rings. The maximum absolute atomic E-state index is 13.3. The average molecular weight is 365 g/mol. The molecular formula is C14H10BrFN4S. The average Bonchev–Trinajstić information content (AvgIpc) is 2.95. The van der Waals surface area contributed by atoms with E-state index in [0.29, 0.717) is 10.8 Å². The molecule has 3 rings (SSSR count). The highest BCUT2D eigenvalue weighted by molar-refractivity contribution is 9.10. The Labute approximate surface area is 133 Å². The Morgan fingerprint density at radius 3 is 2.81 bits per heavy atom. The minimum atomic E-state index is -0.315. The van der Waals surface area contributed by atoms with Crippen LogP contribution in [0, 0.1) is 5.82 Å². The van der Waals surface area contributed by atoms with Gasteiger partial charge in [0.2, 0.25) is 5.16 Å². The topological polar surface area (TPSA) is 43.6 Å². The number of hydrogen-bond donors (Lipinski definition) is 0. The lowest BCUT2D eigenvalue weighted by molar-refractivity contribution is 0.623. The first kappa shape index (κ1) is 14.2. The van der Waals surface area contributed by atoms with Gasteiger partial charge in [-0.3, -0.25) is 0 Å². The SMILES string of the molecule is Fc1cccc(-n2nnnc2SCc2ccccc2Br)c1. The molecule has 0 aliphatic rings. The molecular weight excluding hydrogens is 355 g/mol. The quantitative estimate of drug-likeness (QED) is 0.659. The van der Waals surface area contributed by atoms with Gasteiger partial charge in [0.25, 0.3) is 0 Å². The standard InChI is InChI=1S/C14H10BrFN4S/c15-13-7-2-1-4-10(13)9-21-14-17-18-19-20(14)12-6-3-5-11(16)8-12/h1-8H,9H2. The van der Waals surface area contributed by atoms with Crippen LogP contribution in [0.2, 0.25) is 0 Å². The summed E-state index contributed by atoms with van der Waals surface area (Å²) < 4.78 is 15.9. The van der Waals surface area contributed by atoms with E-state index >= 15 is 0 Å². The van der Waals surface area contributed by atoms with Crippen LogP contribution in [0.25, 0.3) is 5.69 Å². The molecule has 0 amide bonds. The minimum Gasteiger partial charge on any atom is -0.207 e. The van der Waals surface area contributed by atoms with Crippen molar-refractivity contribution in [2.75, 3.05) is 0 Å². The Hall–Kier alpha value is -1.73. The van der Waals surface area contributed by atoms with E-state index in [0.717, 1.165) is 15.8 Å². The van der Waals surface area contributed by atoms with E-state index < -0.39 is 0 Å².